The molecular weight excluding hydrogens is 525 g/mol. The standard InChI is InChI=1S/C25H33N7.HI/c1-26-25(28-15-11-21-7-9-23(10-8-21)32-18-6-13-30-32)29-20-22-12-14-27-24(19-22)31-16-4-2-3-5-17-31;/h6-10,12-14,18-19H,2-5,11,15-17,20H2,1H3,(H2,26,28,29);1H. The Morgan fingerprint density at radius 3 is 2.45 bits per heavy atom. The summed E-state index contributed by atoms with van der Waals surface area (Å²) in [6.45, 7) is 3.75. The molecule has 7 nitrogen and oxygen atoms in total. The molecule has 2 aromatic heterocycles. The first-order chi connectivity index (χ1) is 15.8. The third-order valence-corrected chi connectivity index (χ3v) is 5.83. The van der Waals surface area contributed by atoms with Gasteiger partial charge < -0.3 is 15.5 Å². The molecule has 0 spiro atoms. The number of anilines is 1. The summed E-state index contributed by atoms with van der Waals surface area (Å²) < 4.78 is 1.87. The Labute approximate surface area is 213 Å². The van der Waals surface area contributed by atoms with Crippen LogP contribution >= 0.6 is 24.0 Å². The van der Waals surface area contributed by atoms with E-state index >= 15 is 0 Å². The molecule has 0 amide bonds. The third-order valence-electron chi connectivity index (χ3n) is 5.83. The number of hydrogen-bond donors (Lipinski definition) is 2. The van der Waals surface area contributed by atoms with E-state index in [0.717, 1.165) is 50.1 Å². The van der Waals surface area contributed by atoms with Crippen molar-refractivity contribution in [2.75, 3.05) is 31.6 Å². The first-order valence-electron chi connectivity index (χ1n) is 11.6. The number of hydrogen-bond acceptors (Lipinski definition) is 4. The highest BCUT2D eigenvalue weighted by molar-refractivity contribution is 14.0. The van der Waals surface area contributed by atoms with Crippen LogP contribution in [0.15, 0.2) is 66.0 Å². The summed E-state index contributed by atoms with van der Waals surface area (Å²) in [6, 6.07) is 14.7. The van der Waals surface area contributed by atoms with E-state index in [1.54, 1.807) is 6.20 Å². The number of guanidine groups is 1. The Balaban J connectivity index is 0.00000306. The maximum absolute atomic E-state index is 4.60. The molecule has 1 fully saturated rings. The number of aromatic nitrogens is 3. The van der Waals surface area contributed by atoms with Gasteiger partial charge in [-0.15, -0.1) is 24.0 Å². The van der Waals surface area contributed by atoms with Crippen molar-refractivity contribution in [3.8, 4) is 5.69 Å². The van der Waals surface area contributed by atoms with Gasteiger partial charge in [-0.2, -0.15) is 5.10 Å². The Morgan fingerprint density at radius 2 is 1.76 bits per heavy atom. The van der Waals surface area contributed by atoms with Crippen molar-refractivity contribution in [1.82, 2.24) is 25.4 Å². The highest BCUT2D eigenvalue weighted by Crippen LogP contribution is 2.18. The third kappa shape index (κ3) is 7.45. The van der Waals surface area contributed by atoms with Gasteiger partial charge >= 0.3 is 0 Å². The number of pyridine rings is 1. The molecule has 0 unspecified atom stereocenters. The summed E-state index contributed by atoms with van der Waals surface area (Å²) in [4.78, 5) is 11.4. The zero-order chi connectivity index (χ0) is 22.0. The number of benzene rings is 1. The van der Waals surface area contributed by atoms with E-state index < -0.39 is 0 Å². The molecule has 8 heteroatoms. The summed E-state index contributed by atoms with van der Waals surface area (Å²) >= 11 is 0. The van der Waals surface area contributed by atoms with E-state index in [4.69, 9.17) is 0 Å². The Bertz CT molecular complexity index is 978. The molecule has 0 radical (unpaired) electrons. The van der Waals surface area contributed by atoms with Crippen LogP contribution in [0.2, 0.25) is 0 Å². The van der Waals surface area contributed by atoms with Crippen LogP contribution in [0.3, 0.4) is 0 Å². The van der Waals surface area contributed by atoms with E-state index in [9.17, 15) is 0 Å². The average molecular weight is 560 g/mol. The van der Waals surface area contributed by atoms with Gasteiger partial charge in [-0.3, -0.25) is 4.99 Å². The number of nitrogens with zero attached hydrogens (tertiary/aromatic N) is 5. The van der Waals surface area contributed by atoms with Gasteiger partial charge in [0.25, 0.3) is 0 Å². The van der Waals surface area contributed by atoms with Gasteiger partial charge in [0, 0.05) is 51.8 Å². The first-order valence-corrected chi connectivity index (χ1v) is 11.6. The van der Waals surface area contributed by atoms with Gasteiger partial charge in [-0.25, -0.2) is 9.67 Å². The molecule has 3 heterocycles. The second kappa shape index (κ2) is 13.2. The van der Waals surface area contributed by atoms with Crippen molar-refractivity contribution in [3.05, 3.63) is 72.2 Å². The maximum Gasteiger partial charge on any atom is 0.191 e. The van der Waals surface area contributed by atoms with E-state index in [1.165, 1.54) is 36.8 Å². The lowest BCUT2D eigenvalue weighted by Crippen LogP contribution is -2.37. The highest BCUT2D eigenvalue weighted by atomic mass is 127. The zero-order valence-corrected chi connectivity index (χ0v) is 21.6. The van der Waals surface area contributed by atoms with Gasteiger partial charge in [0.1, 0.15) is 5.82 Å². The van der Waals surface area contributed by atoms with Crippen molar-refractivity contribution in [2.45, 2.75) is 38.6 Å². The van der Waals surface area contributed by atoms with Crippen molar-refractivity contribution < 1.29 is 0 Å². The van der Waals surface area contributed by atoms with Gasteiger partial charge in [0.05, 0.1) is 5.69 Å². The van der Waals surface area contributed by atoms with Crippen LogP contribution < -0.4 is 15.5 Å². The lowest BCUT2D eigenvalue weighted by molar-refractivity contribution is 0.726. The summed E-state index contributed by atoms with van der Waals surface area (Å²) in [5, 5.41) is 11.1. The molecule has 1 saturated heterocycles. The minimum atomic E-state index is 0. The van der Waals surface area contributed by atoms with E-state index in [0.29, 0.717) is 0 Å². The van der Waals surface area contributed by atoms with Crippen molar-refractivity contribution in [2.24, 2.45) is 4.99 Å². The Kier molecular flexibility index (Phi) is 9.99. The minimum Gasteiger partial charge on any atom is -0.357 e. The molecule has 0 bridgehead atoms. The Hall–Kier alpha value is -2.62. The second-order valence-electron chi connectivity index (χ2n) is 8.14. The number of halogens is 1. The molecule has 2 N–H and O–H groups in total. The van der Waals surface area contributed by atoms with E-state index in [1.807, 2.05) is 30.2 Å². The van der Waals surface area contributed by atoms with Crippen molar-refractivity contribution >= 4 is 35.8 Å². The number of rotatable bonds is 7. The fourth-order valence-corrected chi connectivity index (χ4v) is 4.01. The van der Waals surface area contributed by atoms with Gasteiger partial charge in [-0.05, 0) is 60.7 Å². The molecular formula is C25H34IN7. The molecule has 33 heavy (non-hydrogen) atoms. The van der Waals surface area contributed by atoms with Crippen LogP contribution in [0.1, 0.15) is 36.8 Å². The zero-order valence-electron chi connectivity index (χ0n) is 19.3. The second-order valence-corrected chi connectivity index (χ2v) is 8.14. The average Bonchev–Trinajstić information content (AvgIpc) is 3.24. The molecule has 1 aromatic carbocycles. The van der Waals surface area contributed by atoms with Crippen LogP contribution in [0.25, 0.3) is 5.69 Å². The predicted molar refractivity (Wildman–Crippen MR) is 146 cm³/mol. The largest absolute Gasteiger partial charge is 0.357 e. The summed E-state index contributed by atoms with van der Waals surface area (Å²) in [6.07, 6.45) is 11.8. The number of nitrogens with one attached hydrogen (secondary N) is 2. The van der Waals surface area contributed by atoms with Crippen LogP contribution in [0.4, 0.5) is 5.82 Å². The monoisotopic (exact) mass is 559 g/mol. The molecule has 0 atom stereocenters. The summed E-state index contributed by atoms with van der Waals surface area (Å²) in [7, 11) is 1.81. The quantitative estimate of drug-likeness (QED) is 0.259. The molecule has 4 rings (SSSR count). The normalized spacial score (nSPS) is 14.3. The fraction of sp³-hybridized carbons (Fsp3) is 0.400. The first kappa shape index (κ1) is 25.0. The lowest BCUT2D eigenvalue weighted by atomic mass is 10.1. The van der Waals surface area contributed by atoms with Crippen LogP contribution in [-0.2, 0) is 13.0 Å². The van der Waals surface area contributed by atoms with E-state index in [2.05, 4.69) is 67.0 Å². The van der Waals surface area contributed by atoms with Crippen molar-refractivity contribution in [1.29, 1.82) is 0 Å². The predicted octanol–water partition coefficient (Wildman–Crippen LogP) is 4.17. The van der Waals surface area contributed by atoms with Gasteiger partial charge in [-0.1, -0.05) is 25.0 Å². The lowest BCUT2D eigenvalue weighted by Gasteiger charge is -2.22. The van der Waals surface area contributed by atoms with Gasteiger partial charge in [0.15, 0.2) is 5.96 Å². The molecule has 1 aliphatic rings. The molecule has 0 aliphatic carbocycles. The molecule has 0 saturated carbocycles. The Morgan fingerprint density at radius 1 is 0.970 bits per heavy atom. The van der Waals surface area contributed by atoms with Crippen LogP contribution in [-0.4, -0.2) is 47.4 Å². The molecule has 176 valence electrons. The van der Waals surface area contributed by atoms with Gasteiger partial charge in [0.2, 0.25) is 0 Å². The topological polar surface area (TPSA) is 70.4 Å². The van der Waals surface area contributed by atoms with E-state index in [-0.39, 0.29) is 24.0 Å². The minimum absolute atomic E-state index is 0. The maximum atomic E-state index is 4.60. The number of aliphatic imine (C=N–C) groups is 1. The van der Waals surface area contributed by atoms with Crippen LogP contribution in [0.5, 0.6) is 0 Å². The molecule has 3 aromatic rings. The SMILES string of the molecule is CN=C(NCCc1ccc(-n2cccn2)cc1)NCc1ccnc(N2CCCCCC2)c1.I. The fourth-order valence-electron chi connectivity index (χ4n) is 4.01. The summed E-state index contributed by atoms with van der Waals surface area (Å²) in [5.74, 6) is 1.90. The van der Waals surface area contributed by atoms with Crippen molar-refractivity contribution in [3.63, 3.8) is 0 Å². The van der Waals surface area contributed by atoms with Crippen LogP contribution in [0, 0.1) is 0 Å². The summed E-state index contributed by atoms with van der Waals surface area (Å²) in [5.41, 5.74) is 3.57. The highest BCUT2D eigenvalue weighted by Gasteiger charge is 2.11. The molecule has 1 aliphatic heterocycles. The smallest absolute Gasteiger partial charge is 0.191 e.